The SMILES string of the molecule is CCCCCn1nc(C(=O)Oc2cccc3ccccc23)c2ccccc21. The molecule has 0 aliphatic rings. The first-order valence-corrected chi connectivity index (χ1v) is 9.43. The number of hydrogen-bond acceptors (Lipinski definition) is 3. The average Bonchev–Trinajstić information content (AvgIpc) is 3.08. The number of rotatable bonds is 6. The van der Waals surface area contributed by atoms with Crippen LogP contribution in [0.4, 0.5) is 0 Å². The Hall–Kier alpha value is -3.14. The molecular formula is C23H22N2O2. The standard InChI is InChI=1S/C23H22N2O2/c1-2-3-8-16-25-20-14-7-6-13-19(20)22(24-25)23(26)27-21-15-9-11-17-10-4-5-12-18(17)21/h4-7,9-15H,2-3,8,16H2,1H3. The van der Waals surface area contributed by atoms with Gasteiger partial charge in [0.15, 0.2) is 5.69 Å². The molecule has 1 aromatic heterocycles. The predicted molar refractivity (Wildman–Crippen MR) is 108 cm³/mol. The van der Waals surface area contributed by atoms with Crippen molar-refractivity contribution in [3.63, 3.8) is 0 Å². The number of esters is 1. The second-order valence-electron chi connectivity index (χ2n) is 6.66. The van der Waals surface area contributed by atoms with E-state index in [0.29, 0.717) is 11.4 Å². The van der Waals surface area contributed by atoms with Crippen LogP contribution in [0.5, 0.6) is 5.75 Å². The lowest BCUT2D eigenvalue weighted by Gasteiger charge is -2.06. The van der Waals surface area contributed by atoms with Crippen LogP contribution in [0.1, 0.15) is 36.7 Å². The summed E-state index contributed by atoms with van der Waals surface area (Å²) in [6, 6.07) is 21.4. The summed E-state index contributed by atoms with van der Waals surface area (Å²) in [6.45, 7) is 2.98. The number of aryl methyl sites for hydroxylation is 1. The second-order valence-corrected chi connectivity index (χ2v) is 6.66. The maximum atomic E-state index is 12.9. The minimum Gasteiger partial charge on any atom is -0.421 e. The third-order valence-electron chi connectivity index (χ3n) is 4.78. The molecule has 4 heteroatoms. The van der Waals surface area contributed by atoms with Gasteiger partial charge in [-0.3, -0.25) is 4.68 Å². The number of carbonyl (C=O) groups is 1. The molecule has 0 unspecified atom stereocenters. The first kappa shape index (κ1) is 17.3. The fourth-order valence-electron chi connectivity index (χ4n) is 3.39. The summed E-state index contributed by atoms with van der Waals surface area (Å²) >= 11 is 0. The molecule has 4 aromatic rings. The Balaban J connectivity index is 1.68. The highest BCUT2D eigenvalue weighted by Gasteiger charge is 2.19. The van der Waals surface area contributed by atoms with E-state index < -0.39 is 5.97 Å². The number of aromatic nitrogens is 2. The predicted octanol–water partition coefficient (Wildman–Crippen LogP) is 5.60. The van der Waals surface area contributed by atoms with Crippen LogP contribution in [0.15, 0.2) is 66.7 Å². The van der Waals surface area contributed by atoms with Crippen LogP contribution in [-0.2, 0) is 6.54 Å². The van der Waals surface area contributed by atoms with Gasteiger partial charge in [0.25, 0.3) is 0 Å². The largest absolute Gasteiger partial charge is 0.421 e. The Bertz CT molecular complexity index is 1090. The number of unbranched alkanes of at least 4 members (excludes halogenated alkanes) is 2. The Kier molecular flexibility index (Phi) is 4.88. The van der Waals surface area contributed by atoms with Crippen LogP contribution in [0.3, 0.4) is 0 Å². The van der Waals surface area contributed by atoms with Gasteiger partial charge in [-0.05, 0) is 23.9 Å². The molecule has 0 atom stereocenters. The molecule has 0 aliphatic carbocycles. The molecule has 0 spiro atoms. The van der Waals surface area contributed by atoms with Gasteiger partial charge in [0.1, 0.15) is 5.75 Å². The maximum absolute atomic E-state index is 12.9. The summed E-state index contributed by atoms with van der Waals surface area (Å²) in [4.78, 5) is 12.9. The normalized spacial score (nSPS) is 11.1. The quantitative estimate of drug-likeness (QED) is 0.256. The zero-order valence-electron chi connectivity index (χ0n) is 15.4. The number of hydrogen-bond donors (Lipinski definition) is 0. The van der Waals surface area contributed by atoms with E-state index in [2.05, 4.69) is 12.0 Å². The number of carbonyl (C=O) groups excluding carboxylic acids is 1. The smallest absolute Gasteiger partial charge is 0.364 e. The zero-order chi connectivity index (χ0) is 18.6. The summed E-state index contributed by atoms with van der Waals surface area (Å²) in [6.07, 6.45) is 3.33. The van der Waals surface area contributed by atoms with Gasteiger partial charge in [-0.15, -0.1) is 0 Å². The number of fused-ring (bicyclic) bond motifs is 2. The molecule has 0 aliphatic heterocycles. The molecule has 4 rings (SSSR count). The number of nitrogens with zero attached hydrogens (tertiary/aromatic N) is 2. The van der Waals surface area contributed by atoms with E-state index in [1.54, 1.807) is 0 Å². The van der Waals surface area contributed by atoms with Gasteiger partial charge in [-0.25, -0.2) is 4.79 Å². The fourth-order valence-corrected chi connectivity index (χ4v) is 3.39. The molecule has 0 fully saturated rings. The molecule has 0 bridgehead atoms. The lowest BCUT2D eigenvalue weighted by Crippen LogP contribution is -2.11. The van der Waals surface area contributed by atoms with Crippen molar-refractivity contribution in [1.29, 1.82) is 0 Å². The van der Waals surface area contributed by atoms with E-state index in [-0.39, 0.29) is 0 Å². The van der Waals surface area contributed by atoms with Crippen LogP contribution in [0.2, 0.25) is 0 Å². The molecule has 0 saturated carbocycles. The van der Waals surface area contributed by atoms with E-state index in [0.717, 1.165) is 47.5 Å². The van der Waals surface area contributed by atoms with E-state index in [9.17, 15) is 4.79 Å². The number of ether oxygens (including phenoxy) is 1. The number of benzene rings is 3. The molecule has 4 nitrogen and oxygen atoms in total. The molecule has 0 N–H and O–H groups in total. The first-order chi connectivity index (χ1) is 13.3. The molecule has 0 radical (unpaired) electrons. The van der Waals surface area contributed by atoms with Crippen LogP contribution in [0, 0.1) is 0 Å². The summed E-state index contributed by atoms with van der Waals surface area (Å²) in [5, 5.41) is 7.37. The monoisotopic (exact) mass is 358 g/mol. The molecule has 1 heterocycles. The van der Waals surface area contributed by atoms with Crippen molar-refractivity contribution in [2.75, 3.05) is 0 Å². The van der Waals surface area contributed by atoms with Gasteiger partial charge in [0.2, 0.25) is 0 Å². The molecular weight excluding hydrogens is 336 g/mol. The third kappa shape index (κ3) is 3.43. The zero-order valence-corrected chi connectivity index (χ0v) is 15.4. The third-order valence-corrected chi connectivity index (χ3v) is 4.78. The first-order valence-electron chi connectivity index (χ1n) is 9.43. The van der Waals surface area contributed by atoms with Crippen LogP contribution >= 0.6 is 0 Å². The minimum atomic E-state index is -0.420. The van der Waals surface area contributed by atoms with Gasteiger partial charge in [-0.2, -0.15) is 5.10 Å². The summed E-state index contributed by atoms with van der Waals surface area (Å²) in [5.74, 6) is 0.138. The van der Waals surface area contributed by atoms with Crippen molar-refractivity contribution in [3.05, 3.63) is 72.4 Å². The highest BCUT2D eigenvalue weighted by atomic mass is 16.5. The van der Waals surface area contributed by atoms with Crippen molar-refractivity contribution in [2.45, 2.75) is 32.7 Å². The highest BCUT2D eigenvalue weighted by molar-refractivity contribution is 6.04. The average molecular weight is 358 g/mol. The van der Waals surface area contributed by atoms with Crippen molar-refractivity contribution in [3.8, 4) is 5.75 Å². The van der Waals surface area contributed by atoms with E-state index >= 15 is 0 Å². The van der Waals surface area contributed by atoms with Gasteiger partial charge < -0.3 is 4.74 Å². The highest BCUT2D eigenvalue weighted by Crippen LogP contribution is 2.27. The Morgan fingerprint density at radius 1 is 0.926 bits per heavy atom. The van der Waals surface area contributed by atoms with E-state index in [4.69, 9.17) is 4.74 Å². The van der Waals surface area contributed by atoms with Crippen molar-refractivity contribution in [2.24, 2.45) is 0 Å². The molecule has 3 aromatic carbocycles. The summed E-state index contributed by atoms with van der Waals surface area (Å²) < 4.78 is 7.67. The van der Waals surface area contributed by atoms with E-state index in [1.165, 1.54) is 0 Å². The van der Waals surface area contributed by atoms with Crippen molar-refractivity contribution in [1.82, 2.24) is 9.78 Å². The Labute approximate surface area is 158 Å². The van der Waals surface area contributed by atoms with E-state index in [1.807, 2.05) is 71.4 Å². The lowest BCUT2D eigenvalue weighted by atomic mass is 10.1. The Morgan fingerprint density at radius 3 is 2.52 bits per heavy atom. The van der Waals surface area contributed by atoms with Gasteiger partial charge in [0.05, 0.1) is 5.52 Å². The van der Waals surface area contributed by atoms with Gasteiger partial charge in [0, 0.05) is 17.3 Å². The molecule has 0 amide bonds. The van der Waals surface area contributed by atoms with Crippen LogP contribution < -0.4 is 4.74 Å². The topological polar surface area (TPSA) is 44.1 Å². The molecule has 0 saturated heterocycles. The summed E-state index contributed by atoms with van der Waals surface area (Å²) in [5.41, 5.74) is 1.34. The minimum absolute atomic E-state index is 0.370. The van der Waals surface area contributed by atoms with Crippen LogP contribution in [0.25, 0.3) is 21.7 Å². The number of para-hydroxylation sites is 1. The molecule has 136 valence electrons. The lowest BCUT2D eigenvalue weighted by molar-refractivity contribution is 0.0732. The van der Waals surface area contributed by atoms with Gasteiger partial charge >= 0.3 is 5.97 Å². The van der Waals surface area contributed by atoms with Crippen molar-refractivity contribution < 1.29 is 9.53 Å². The maximum Gasteiger partial charge on any atom is 0.364 e. The summed E-state index contributed by atoms with van der Waals surface area (Å²) in [7, 11) is 0. The van der Waals surface area contributed by atoms with Gasteiger partial charge in [-0.1, -0.05) is 74.4 Å². The molecule has 27 heavy (non-hydrogen) atoms. The Morgan fingerprint density at radius 2 is 1.67 bits per heavy atom. The van der Waals surface area contributed by atoms with Crippen molar-refractivity contribution >= 4 is 27.6 Å². The fraction of sp³-hybridized carbons (Fsp3) is 0.217. The van der Waals surface area contributed by atoms with Crippen LogP contribution in [-0.4, -0.2) is 15.7 Å². The second kappa shape index (κ2) is 7.62.